The van der Waals surface area contributed by atoms with Gasteiger partial charge in [0, 0.05) is 37.1 Å². The first-order chi connectivity index (χ1) is 35.8. The number of benzene rings is 6. The van der Waals surface area contributed by atoms with E-state index in [4.69, 9.17) is 29.8 Å². The first-order valence-electron chi connectivity index (χ1n) is 25.4. The van der Waals surface area contributed by atoms with Crippen LogP contribution in [0.4, 0.5) is 16.2 Å². The van der Waals surface area contributed by atoms with E-state index in [2.05, 4.69) is 78.1 Å². The molecule has 14 nitrogen and oxygen atoms in total. The summed E-state index contributed by atoms with van der Waals surface area (Å²) < 4.78 is 23.1. The number of hydrogen-bond donors (Lipinski definition) is 3. The number of fused-ring (bicyclic) bond motifs is 2. The molecule has 400 valence electrons. The van der Waals surface area contributed by atoms with Crippen molar-refractivity contribution >= 4 is 53.6 Å². The number of amides is 3. The Labute approximate surface area is 451 Å². The standard InChI is InChI=1S/C35H42N2O6.C26H26N2O4.ClH/c1-34(2,3)42-31(38)23-28(36-33(40)43-35(4,5)6)32(39)37-21-19-27-29(37)13-10-14-30(27)41-22-20-24-15-17-26(18-16-24)25-11-8-7-9-12-25;27-22(17-25(29)30)26(31)28-15-13-21-23(28)7-4-8-24(21)32-16-14-18-9-11-20(12-10-18)19-5-2-1-3-6-19;/h7-18,28H,19-23H2,1-6H3,(H,36,40);1-12,22H,13-17,27H2,(H,29,30);1H/t28-;22-;/m00./s1. The summed E-state index contributed by atoms with van der Waals surface area (Å²) in [7, 11) is 0. The number of alkyl carbamates (subject to hydrolysis) is 1. The van der Waals surface area contributed by atoms with Gasteiger partial charge in [0.15, 0.2) is 0 Å². The topological polar surface area (TPSA) is 187 Å². The molecule has 76 heavy (non-hydrogen) atoms. The third-order valence-corrected chi connectivity index (χ3v) is 12.4. The van der Waals surface area contributed by atoms with Crippen LogP contribution in [0.25, 0.3) is 22.3 Å². The van der Waals surface area contributed by atoms with E-state index in [0.717, 1.165) is 41.2 Å². The molecular weight excluding hydrogens is 984 g/mol. The van der Waals surface area contributed by atoms with E-state index in [1.165, 1.54) is 33.4 Å². The lowest BCUT2D eigenvalue weighted by molar-refractivity contribution is -0.156. The molecule has 0 unspecified atom stereocenters. The molecule has 2 aliphatic rings. The van der Waals surface area contributed by atoms with Crippen molar-refractivity contribution in [2.45, 2.75) is 103 Å². The molecule has 0 saturated heterocycles. The minimum Gasteiger partial charge on any atom is -0.493 e. The van der Waals surface area contributed by atoms with Gasteiger partial charge in [-0.25, -0.2) is 4.79 Å². The lowest BCUT2D eigenvalue weighted by Gasteiger charge is -2.27. The zero-order chi connectivity index (χ0) is 53.7. The van der Waals surface area contributed by atoms with Gasteiger partial charge in [0.1, 0.15) is 28.7 Å². The van der Waals surface area contributed by atoms with E-state index in [9.17, 15) is 24.0 Å². The highest BCUT2D eigenvalue weighted by Crippen LogP contribution is 2.37. The van der Waals surface area contributed by atoms with Gasteiger partial charge >= 0.3 is 18.0 Å². The van der Waals surface area contributed by atoms with Gasteiger partial charge in [0.2, 0.25) is 11.8 Å². The fourth-order valence-electron chi connectivity index (χ4n) is 8.94. The monoisotopic (exact) mass is 1050 g/mol. The lowest BCUT2D eigenvalue weighted by Crippen LogP contribution is -2.50. The van der Waals surface area contributed by atoms with Crippen molar-refractivity contribution in [3.8, 4) is 33.8 Å². The molecule has 3 amide bonds. The van der Waals surface area contributed by atoms with Gasteiger partial charge in [0.05, 0.1) is 43.5 Å². The maximum absolute atomic E-state index is 13.8. The third kappa shape index (κ3) is 16.2. The van der Waals surface area contributed by atoms with Crippen LogP contribution in [0.15, 0.2) is 146 Å². The molecule has 0 bridgehead atoms. The normalized spacial score (nSPS) is 13.4. The van der Waals surface area contributed by atoms with Crippen molar-refractivity contribution in [3.63, 3.8) is 0 Å². The molecule has 0 radical (unpaired) electrons. The molecule has 0 fully saturated rings. The first kappa shape index (κ1) is 57.6. The summed E-state index contributed by atoms with van der Waals surface area (Å²) in [5.74, 6) is -0.981. The summed E-state index contributed by atoms with van der Waals surface area (Å²) in [6.07, 6.45) is 1.27. The zero-order valence-corrected chi connectivity index (χ0v) is 44.9. The number of nitrogens with zero attached hydrogens (tertiary/aromatic N) is 2. The number of halogens is 1. The maximum atomic E-state index is 13.8. The SMILES string of the molecule is CC(C)(C)OC(=O)C[C@H](NC(=O)OC(C)(C)C)C(=O)N1CCc2c(OCCc3ccc(-c4ccccc4)cc3)cccc21.Cl.N[C@@H](CC(=O)O)C(=O)N1CCc2c(OCCc3ccc(-c4ccccc4)cc3)cccc21. The molecule has 8 rings (SSSR count). The second kappa shape index (κ2) is 26.2. The number of anilines is 2. The number of carboxylic acid groups (broad SMARTS) is 1. The Balaban J connectivity index is 0.000000253. The number of hydrogen-bond acceptors (Lipinski definition) is 10. The molecule has 15 heteroatoms. The van der Waals surface area contributed by atoms with Crippen LogP contribution < -0.4 is 30.3 Å². The summed E-state index contributed by atoms with van der Waals surface area (Å²) in [6.45, 7) is 12.3. The number of carbonyl (C=O) groups is 5. The molecule has 2 atom stereocenters. The van der Waals surface area contributed by atoms with Gasteiger partial charge in [-0.15, -0.1) is 12.4 Å². The minimum atomic E-state index is -1.15. The van der Waals surface area contributed by atoms with Crippen molar-refractivity contribution in [1.82, 2.24) is 5.32 Å². The Morgan fingerprint density at radius 3 is 1.39 bits per heavy atom. The summed E-state index contributed by atoms with van der Waals surface area (Å²) in [4.78, 5) is 65.7. The minimum absolute atomic E-state index is 0. The predicted molar refractivity (Wildman–Crippen MR) is 298 cm³/mol. The van der Waals surface area contributed by atoms with Crippen molar-refractivity contribution in [2.24, 2.45) is 5.73 Å². The van der Waals surface area contributed by atoms with Gasteiger partial charge < -0.3 is 44.9 Å². The van der Waals surface area contributed by atoms with Crippen LogP contribution in [0.2, 0.25) is 0 Å². The number of ether oxygens (including phenoxy) is 4. The van der Waals surface area contributed by atoms with Crippen molar-refractivity contribution in [1.29, 1.82) is 0 Å². The fourth-order valence-corrected chi connectivity index (χ4v) is 8.94. The van der Waals surface area contributed by atoms with Gasteiger partial charge in [-0.05, 0) is 112 Å². The van der Waals surface area contributed by atoms with Gasteiger partial charge in [-0.2, -0.15) is 0 Å². The lowest BCUT2D eigenvalue weighted by atomic mass is 10.0. The summed E-state index contributed by atoms with van der Waals surface area (Å²) >= 11 is 0. The number of aliphatic carboxylic acids is 1. The van der Waals surface area contributed by atoms with Crippen LogP contribution in [0.1, 0.15) is 76.6 Å². The van der Waals surface area contributed by atoms with E-state index in [1.807, 2.05) is 72.8 Å². The van der Waals surface area contributed by atoms with Crippen LogP contribution in [0.5, 0.6) is 11.5 Å². The zero-order valence-electron chi connectivity index (χ0n) is 44.1. The Hall–Kier alpha value is -7.68. The van der Waals surface area contributed by atoms with Crippen LogP contribution >= 0.6 is 12.4 Å². The van der Waals surface area contributed by atoms with Crippen LogP contribution in [0.3, 0.4) is 0 Å². The van der Waals surface area contributed by atoms with Crippen molar-refractivity contribution in [3.05, 3.63) is 168 Å². The van der Waals surface area contributed by atoms with Gasteiger partial charge in [0.25, 0.3) is 0 Å². The van der Waals surface area contributed by atoms with Crippen LogP contribution in [-0.4, -0.2) is 84.5 Å². The Morgan fingerprint density at radius 2 is 0.974 bits per heavy atom. The number of nitrogens with two attached hydrogens (primary N) is 1. The number of rotatable bonds is 17. The van der Waals surface area contributed by atoms with Crippen molar-refractivity contribution in [2.75, 3.05) is 36.1 Å². The van der Waals surface area contributed by atoms with Gasteiger partial charge in [-0.3, -0.25) is 19.2 Å². The smallest absolute Gasteiger partial charge is 0.408 e. The number of carbonyl (C=O) groups excluding carboxylic acids is 4. The highest BCUT2D eigenvalue weighted by Gasteiger charge is 2.36. The van der Waals surface area contributed by atoms with E-state index in [-0.39, 0.29) is 31.2 Å². The summed E-state index contributed by atoms with van der Waals surface area (Å²) in [5, 5.41) is 11.5. The van der Waals surface area contributed by atoms with Gasteiger partial charge in [-0.1, -0.05) is 121 Å². The molecule has 0 aliphatic carbocycles. The Morgan fingerprint density at radius 1 is 0.553 bits per heavy atom. The maximum Gasteiger partial charge on any atom is 0.408 e. The largest absolute Gasteiger partial charge is 0.493 e. The average molecular weight is 1050 g/mol. The first-order valence-corrected chi connectivity index (χ1v) is 25.4. The van der Waals surface area contributed by atoms with E-state index in [1.54, 1.807) is 51.3 Å². The summed E-state index contributed by atoms with van der Waals surface area (Å²) in [5.41, 5.74) is 14.7. The molecule has 6 aromatic carbocycles. The number of carboxylic acids is 1. The highest BCUT2D eigenvalue weighted by molar-refractivity contribution is 6.02. The average Bonchev–Trinajstić information content (AvgIpc) is 4.03. The van der Waals surface area contributed by atoms with E-state index >= 15 is 0 Å². The summed E-state index contributed by atoms with van der Waals surface area (Å²) in [6, 6.07) is 46.5. The Kier molecular flexibility index (Phi) is 19.9. The van der Waals surface area contributed by atoms with E-state index < -0.39 is 47.2 Å². The fraction of sp³-hybridized carbons (Fsp3) is 0.328. The molecule has 0 aromatic heterocycles. The number of esters is 1. The molecule has 2 heterocycles. The second-order valence-corrected chi connectivity index (χ2v) is 20.5. The number of nitrogens with one attached hydrogen (secondary N) is 1. The molecule has 6 aromatic rings. The molecule has 0 saturated carbocycles. The molecule has 2 aliphatic heterocycles. The molecule has 0 spiro atoms. The van der Waals surface area contributed by atoms with Crippen LogP contribution in [0, 0.1) is 0 Å². The Bertz CT molecular complexity index is 2890. The second-order valence-electron chi connectivity index (χ2n) is 20.5. The van der Waals surface area contributed by atoms with Crippen molar-refractivity contribution < 1.29 is 48.0 Å². The highest BCUT2D eigenvalue weighted by atomic mass is 35.5. The third-order valence-electron chi connectivity index (χ3n) is 12.4. The molecular formula is C61H69ClN4O10. The quantitative estimate of drug-likeness (QED) is 0.0738. The predicted octanol–water partition coefficient (Wildman–Crippen LogP) is 10.6. The van der Waals surface area contributed by atoms with Crippen LogP contribution in [-0.2, 0) is 54.3 Å². The van der Waals surface area contributed by atoms with E-state index in [0.29, 0.717) is 44.8 Å². The molecule has 4 N–H and O–H groups in total.